The van der Waals surface area contributed by atoms with E-state index in [-0.39, 0.29) is 48.7 Å². The molecule has 1 saturated carbocycles. The molecular weight excluding hydrogens is 413 g/mol. The number of ketones is 1. The van der Waals surface area contributed by atoms with Crippen LogP contribution in [0.3, 0.4) is 0 Å². The Labute approximate surface area is 185 Å². The van der Waals surface area contributed by atoms with Crippen molar-refractivity contribution in [1.82, 2.24) is 9.88 Å². The molecule has 8 heteroatoms. The summed E-state index contributed by atoms with van der Waals surface area (Å²) in [5.74, 6) is 1.34. The summed E-state index contributed by atoms with van der Waals surface area (Å²) in [6.45, 7) is 6.07. The van der Waals surface area contributed by atoms with Crippen molar-refractivity contribution in [1.29, 1.82) is 0 Å². The van der Waals surface area contributed by atoms with Crippen molar-refractivity contribution in [2.24, 2.45) is 5.92 Å². The summed E-state index contributed by atoms with van der Waals surface area (Å²) in [7, 11) is 0. The first-order chi connectivity index (χ1) is 13.3. The predicted octanol–water partition coefficient (Wildman–Crippen LogP) is 3.10. The smallest absolute Gasteiger partial charge is 0.165 e. The fraction of sp³-hybridized carbons (Fsp3) is 0.619. The fourth-order valence-corrected chi connectivity index (χ4v) is 4.33. The van der Waals surface area contributed by atoms with Crippen LogP contribution in [0, 0.1) is 5.92 Å². The molecule has 1 aliphatic carbocycles. The number of halogens is 2. The van der Waals surface area contributed by atoms with Crippen molar-refractivity contribution in [3.05, 3.63) is 36.7 Å². The molecule has 2 fully saturated rings. The first-order valence-corrected chi connectivity index (χ1v) is 10.2. The lowest BCUT2D eigenvalue weighted by Gasteiger charge is -2.36. The van der Waals surface area contributed by atoms with E-state index in [1.165, 1.54) is 0 Å². The number of rotatable bonds is 6. The molecule has 162 valence electrons. The molecule has 3 atom stereocenters. The van der Waals surface area contributed by atoms with Crippen molar-refractivity contribution in [3.8, 4) is 0 Å². The van der Waals surface area contributed by atoms with Crippen LogP contribution in [0.5, 0.6) is 0 Å². The lowest BCUT2D eigenvalue weighted by molar-refractivity contribution is -0.129. The Balaban J connectivity index is 0.00000150. The first-order valence-electron chi connectivity index (χ1n) is 10.2. The molecule has 2 aliphatic heterocycles. The number of fused-ring (bicyclic) bond motifs is 1. The zero-order chi connectivity index (χ0) is 18.5. The lowest BCUT2D eigenvalue weighted by Crippen LogP contribution is -2.47. The quantitative estimate of drug-likeness (QED) is 0.629. The zero-order valence-corrected chi connectivity index (χ0v) is 18.3. The van der Waals surface area contributed by atoms with E-state index in [0.717, 1.165) is 70.8 Å². The van der Waals surface area contributed by atoms with Gasteiger partial charge in [0.15, 0.2) is 5.78 Å². The third-order valence-corrected chi connectivity index (χ3v) is 5.91. The van der Waals surface area contributed by atoms with Gasteiger partial charge in [-0.2, -0.15) is 0 Å². The normalized spacial score (nSPS) is 26.7. The van der Waals surface area contributed by atoms with Gasteiger partial charge in [-0.25, -0.2) is 4.98 Å². The van der Waals surface area contributed by atoms with E-state index in [1.807, 2.05) is 18.3 Å². The van der Waals surface area contributed by atoms with E-state index >= 15 is 0 Å². The highest BCUT2D eigenvalue weighted by Crippen LogP contribution is 2.32. The number of aromatic nitrogens is 1. The number of carbonyl (C=O) groups is 1. The molecule has 1 saturated heterocycles. The van der Waals surface area contributed by atoms with Gasteiger partial charge in [-0.05, 0) is 31.4 Å². The molecule has 0 bridgehead atoms. The maximum atomic E-state index is 11.9. The molecule has 6 nitrogen and oxygen atoms in total. The highest BCUT2D eigenvalue weighted by atomic mass is 35.5. The summed E-state index contributed by atoms with van der Waals surface area (Å²) < 4.78 is 11.7. The predicted molar refractivity (Wildman–Crippen MR) is 118 cm³/mol. The molecule has 0 radical (unpaired) electrons. The Morgan fingerprint density at radius 2 is 1.97 bits per heavy atom. The average molecular weight is 444 g/mol. The fourth-order valence-electron chi connectivity index (χ4n) is 4.33. The first kappa shape index (κ1) is 23.9. The molecule has 3 heterocycles. The summed E-state index contributed by atoms with van der Waals surface area (Å²) in [5, 5.41) is 0. The highest BCUT2D eigenvalue weighted by Gasteiger charge is 2.37. The highest BCUT2D eigenvalue weighted by molar-refractivity contribution is 5.92. The van der Waals surface area contributed by atoms with Crippen LogP contribution in [-0.2, 0) is 14.3 Å². The van der Waals surface area contributed by atoms with Gasteiger partial charge in [-0.1, -0.05) is 6.07 Å². The number of carbonyl (C=O) groups excluding carboxylic acids is 1. The molecule has 3 unspecified atom stereocenters. The number of anilines is 1. The topological polar surface area (TPSA) is 54.9 Å². The van der Waals surface area contributed by atoms with E-state index in [0.29, 0.717) is 0 Å². The van der Waals surface area contributed by atoms with Crippen LogP contribution in [0.15, 0.2) is 36.7 Å². The second kappa shape index (κ2) is 11.7. The Morgan fingerprint density at radius 1 is 1.14 bits per heavy atom. The van der Waals surface area contributed by atoms with Crippen molar-refractivity contribution in [2.75, 3.05) is 44.2 Å². The Morgan fingerprint density at radius 3 is 2.72 bits per heavy atom. The molecule has 0 amide bonds. The summed E-state index contributed by atoms with van der Waals surface area (Å²) in [6.07, 6.45) is 8.95. The number of piperazine rings is 1. The maximum Gasteiger partial charge on any atom is 0.165 e. The average Bonchev–Trinajstić information content (AvgIpc) is 2.72. The van der Waals surface area contributed by atoms with Gasteiger partial charge in [0.1, 0.15) is 11.9 Å². The van der Waals surface area contributed by atoms with Gasteiger partial charge < -0.3 is 14.4 Å². The van der Waals surface area contributed by atoms with Gasteiger partial charge in [0.2, 0.25) is 0 Å². The number of pyridine rings is 1. The molecule has 4 rings (SSSR count). The number of allylic oxidation sites excluding steroid dienone is 1. The Hall–Kier alpha value is -1.34. The van der Waals surface area contributed by atoms with Crippen LogP contribution < -0.4 is 4.90 Å². The Kier molecular flexibility index (Phi) is 9.69. The minimum Gasteiger partial charge on any atom is -0.497 e. The molecule has 3 aliphatic rings. The van der Waals surface area contributed by atoms with Gasteiger partial charge in [-0.3, -0.25) is 9.69 Å². The number of ether oxygens (including phenoxy) is 2. The number of nitrogens with zero attached hydrogens (tertiary/aromatic N) is 3. The largest absolute Gasteiger partial charge is 0.497 e. The van der Waals surface area contributed by atoms with Gasteiger partial charge in [0, 0.05) is 58.0 Å². The molecule has 0 spiro atoms. The van der Waals surface area contributed by atoms with Crippen molar-refractivity contribution in [3.63, 3.8) is 0 Å². The van der Waals surface area contributed by atoms with E-state index in [9.17, 15) is 4.79 Å². The van der Waals surface area contributed by atoms with Crippen LogP contribution in [0.4, 0.5) is 5.82 Å². The molecule has 1 aromatic heterocycles. The summed E-state index contributed by atoms with van der Waals surface area (Å²) in [4.78, 5) is 21.2. The molecule has 29 heavy (non-hydrogen) atoms. The summed E-state index contributed by atoms with van der Waals surface area (Å²) in [6, 6.07) is 6.09. The minimum atomic E-state index is 0. The third-order valence-electron chi connectivity index (χ3n) is 5.91. The molecular formula is C21H31Cl2N3O3. The van der Waals surface area contributed by atoms with Crippen LogP contribution in [0.1, 0.15) is 25.7 Å². The van der Waals surface area contributed by atoms with Crippen molar-refractivity contribution < 1.29 is 14.3 Å². The van der Waals surface area contributed by atoms with Crippen LogP contribution in [-0.4, -0.2) is 67.2 Å². The Bertz CT molecular complexity index is 654. The number of hydrogen-bond donors (Lipinski definition) is 0. The van der Waals surface area contributed by atoms with Crippen molar-refractivity contribution >= 4 is 36.4 Å². The van der Waals surface area contributed by atoms with E-state index in [4.69, 9.17) is 9.47 Å². The summed E-state index contributed by atoms with van der Waals surface area (Å²) >= 11 is 0. The standard InChI is InChI=1S/C21H29N3O3.2ClH/c25-19-7-15-27-20-16-17(5-6-18(19)20)26-14-3-9-23-10-12-24(13-11-23)21-4-1-2-8-22-21;;/h1-2,4,7-8,15,17-18,20H,3,5-6,9-14,16H2;2*1H. The van der Waals surface area contributed by atoms with E-state index in [2.05, 4.69) is 20.9 Å². The SMILES string of the molecule is Cl.Cl.O=C1C=COC2CC(OCCCN3CCN(c4ccccn4)CC3)CCC12. The third kappa shape index (κ3) is 6.32. The van der Waals surface area contributed by atoms with Crippen molar-refractivity contribution in [2.45, 2.75) is 37.9 Å². The van der Waals surface area contributed by atoms with Gasteiger partial charge >= 0.3 is 0 Å². The van der Waals surface area contributed by atoms with Crippen LogP contribution in [0.2, 0.25) is 0 Å². The van der Waals surface area contributed by atoms with Gasteiger partial charge in [0.05, 0.1) is 18.3 Å². The maximum absolute atomic E-state index is 11.9. The second-order valence-corrected chi connectivity index (χ2v) is 7.66. The van der Waals surface area contributed by atoms with E-state index < -0.39 is 0 Å². The molecule has 0 N–H and O–H groups in total. The van der Waals surface area contributed by atoms with E-state index in [1.54, 1.807) is 12.3 Å². The lowest BCUT2D eigenvalue weighted by atomic mass is 9.81. The minimum absolute atomic E-state index is 0. The van der Waals surface area contributed by atoms with Crippen LogP contribution >= 0.6 is 24.8 Å². The van der Waals surface area contributed by atoms with Crippen LogP contribution in [0.25, 0.3) is 0 Å². The molecule has 1 aromatic rings. The molecule has 0 aromatic carbocycles. The van der Waals surface area contributed by atoms with Gasteiger partial charge in [0.25, 0.3) is 0 Å². The summed E-state index contributed by atoms with van der Waals surface area (Å²) in [5.41, 5.74) is 0. The van der Waals surface area contributed by atoms with Gasteiger partial charge in [-0.15, -0.1) is 24.8 Å². The second-order valence-electron chi connectivity index (χ2n) is 7.66. The number of hydrogen-bond acceptors (Lipinski definition) is 6. The zero-order valence-electron chi connectivity index (χ0n) is 16.7. The monoisotopic (exact) mass is 443 g/mol.